The second-order valence-corrected chi connectivity index (χ2v) is 11.6. The minimum atomic E-state index is -0.490. The van der Waals surface area contributed by atoms with E-state index in [1.807, 2.05) is 95.6 Å². The molecule has 0 atom stereocenters. The number of hydrogen-bond acceptors (Lipinski definition) is 4. The molecule has 0 N–H and O–H groups in total. The first-order valence-electron chi connectivity index (χ1n) is 18.1. The highest BCUT2D eigenvalue weighted by atomic mass is 16.3. The van der Waals surface area contributed by atoms with Gasteiger partial charge in [-0.15, -0.1) is 0 Å². The maximum absolute atomic E-state index is 8.86. The Balaban J connectivity index is 1.33. The highest BCUT2D eigenvalue weighted by Crippen LogP contribution is 2.43. The number of hydrogen-bond donors (Lipinski definition) is 0. The molecule has 0 radical (unpaired) electrons. The summed E-state index contributed by atoms with van der Waals surface area (Å²) in [4.78, 5) is 14.9. The predicted molar refractivity (Wildman–Crippen MR) is 195 cm³/mol. The van der Waals surface area contributed by atoms with Crippen molar-refractivity contribution in [1.82, 2.24) is 19.5 Å². The van der Waals surface area contributed by atoms with E-state index in [2.05, 4.69) is 36.4 Å². The van der Waals surface area contributed by atoms with Gasteiger partial charge >= 0.3 is 0 Å². The van der Waals surface area contributed by atoms with E-state index in [1.165, 1.54) is 0 Å². The van der Waals surface area contributed by atoms with Gasteiger partial charge < -0.3 is 4.42 Å². The zero-order chi connectivity index (χ0) is 36.0. The zero-order valence-electron chi connectivity index (χ0n) is 30.3. The maximum atomic E-state index is 8.86. The van der Waals surface area contributed by atoms with Gasteiger partial charge in [0.1, 0.15) is 11.2 Å². The summed E-state index contributed by atoms with van der Waals surface area (Å²) in [6, 6.07) is 40.0. The largest absolute Gasteiger partial charge is 0.456 e. The fraction of sp³-hybridized carbons (Fsp3) is 0. The molecule has 0 bridgehead atoms. The lowest BCUT2D eigenvalue weighted by Crippen LogP contribution is -2.06. The summed E-state index contributed by atoms with van der Waals surface area (Å²) in [6.07, 6.45) is 0. The number of nitrogens with zero attached hydrogens (tertiary/aromatic N) is 4. The van der Waals surface area contributed by atoms with Crippen molar-refractivity contribution in [2.45, 2.75) is 0 Å². The molecule has 0 spiro atoms. The molecule has 0 aliphatic heterocycles. The Morgan fingerprint density at radius 1 is 0.479 bits per heavy atom. The number of fused-ring (bicyclic) bond motifs is 7. The molecule has 0 aliphatic carbocycles. The van der Waals surface area contributed by atoms with Gasteiger partial charge in [0, 0.05) is 32.7 Å². The third-order valence-corrected chi connectivity index (χ3v) is 8.97. The average molecular weight is 620 g/mol. The smallest absolute Gasteiger partial charge is 0.238 e. The molecule has 0 fully saturated rings. The number of benzene rings is 7. The Morgan fingerprint density at radius 2 is 1.04 bits per heavy atom. The molecule has 7 aromatic carbocycles. The van der Waals surface area contributed by atoms with E-state index in [4.69, 9.17) is 26.2 Å². The van der Waals surface area contributed by atoms with Crippen LogP contribution in [0.3, 0.4) is 0 Å². The van der Waals surface area contributed by atoms with Gasteiger partial charge in [-0.2, -0.15) is 9.97 Å². The summed E-state index contributed by atoms with van der Waals surface area (Å²) in [5.74, 6) is 0.468. The summed E-state index contributed by atoms with van der Waals surface area (Å²) in [5.41, 5.74) is 5.59. The molecule has 0 saturated heterocycles. The topological polar surface area (TPSA) is 56.7 Å². The van der Waals surface area contributed by atoms with Gasteiger partial charge in [-0.25, -0.2) is 4.98 Å². The van der Waals surface area contributed by atoms with Crippen molar-refractivity contribution in [2.75, 3.05) is 0 Å². The van der Waals surface area contributed by atoms with Gasteiger partial charge in [-0.05, 0) is 46.2 Å². The first kappa shape index (κ1) is 22.0. The summed E-state index contributed by atoms with van der Waals surface area (Å²) >= 11 is 0. The standard InChI is InChI=1S/C43H26N4O/c1-2-14-28(15-3-1)41-44-42(46-43(45-41)47-35-23-8-6-18-31(35)32-19-7-9-24-36(32)47)34-22-12-26-38-40(34)39-33(21-11-25-37(39)48-38)30-20-10-16-27-13-4-5-17-29(27)30/h1-26H/i1D,2D,3D,14D,15D. The van der Waals surface area contributed by atoms with E-state index in [9.17, 15) is 0 Å². The van der Waals surface area contributed by atoms with Crippen molar-refractivity contribution in [1.29, 1.82) is 0 Å². The Hall–Kier alpha value is -6.59. The molecule has 0 amide bonds. The van der Waals surface area contributed by atoms with E-state index < -0.39 is 30.2 Å². The molecular weight excluding hydrogens is 589 g/mol. The van der Waals surface area contributed by atoms with E-state index in [0.29, 0.717) is 16.7 Å². The van der Waals surface area contributed by atoms with Crippen LogP contribution in [-0.2, 0) is 0 Å². The van der Waals surface area contributed by atoms with Crippen molar-refractivity contribution in [3.8, 4) is 39.9 Å². The summed E-state index contributed by atoms with van der Waals surface area (Å²) in [7, 11) is 0. The fourth-order valence-corrected chi connectivity index (χ4v) is 6.93. The Kier molecular flexibility index (Phi) is 4.81. The highest BCUT2D eigenvalue weighted by molar-refractivity contribution is 6.19. The van der Waals surface area contributed by atoms with Gasteiger partial charge in [0.15, 0.2) is 11.6 Å². The van der Waals surface area contributed by atoms with E-state index in [1.54, 1.807) is 0 Å². The molecule has 5 nitrogen and oxygen atoms in total. The minimum absolute atomic E-state index is 0.0389. The van der Waals surface area contributed by atoms with Crippen molar-refractivity contribution in [3.63, 3.8) is 0 Å². The molecule has 0 aliphatic rings. The third-order valence-electron chi connectivity index (χ3n) is 8.97. The van der Waals surface area contributed by atoms with Gasteiger partial charge in [-0.3, -0.25) is 4.57 Å². The molecule has 48 heavy (non-hydrogen) atoms. The van der Waals surface area contributed by atoms with Crippen molar-refractivity contribution in [3.05, 3.63) is 158 Å². The van der Waals surface area contributed by atoms with Gasteiger partial charge in [-0.1, -0.05) is 133 Å². The monoisotopic (exact) mass is 619 g/mol. The molecule has 5 heteroatoms. The molecule has 10 aromatic rings. The van der Waals surface area contributed by atoms with Crippen molar-refractivity contribution in [2.24, 2.45) is 0 Å². The van der Waals surface area contributed by atoms with Crippen LogP contribution in [-0.4, -0.2) is 19.5 Å². The Morgan fingerprint density at radius 3 is 1.79 bits per heavy atom. The van der Waals surface area contributed by atoms with Crippen LogP contribution in [0.2, 0.25) is 0 Å². The summed E-state index contributed by atoms with van der Waals surface area (Å²) in [6.45, 7) is 0. The first-order chi connectivity index (χ1) is 25.9. The normalized spacial score (nSPS) is 13.2. The van der Waals surface area contributed by atoms with E-state index >= 15 is 0 Å². The van der Waals surface area contributed by atoms with Gasteiger partial charge in [0.05, 0.1) is 17.9 Å². The summed E-state index contributed by atoms with van der Waals surface area (Å²) < 4.78 is 51.3. The number of furan rings is 1. The second kappa shape index (κ2) is 10.5. The minimum Gasteiger partial charge on any atom is -0.456 e. The molecular formula is C43H26N4O. The second-order valence-electron chi connectivity index (χ2n) is 11.6. The molecule has 0 saturated carbocycles. The van der Waals surface area contributed by atoms with Crippen molar-refractivity contribution < 1.29 is 11.3 Å². The van der Waals surface area contributed by atoms with Gasteiger partial charge in [0.2, 0.25) is 5.95 Å². The highest BCUT2D eigenvalue weighted by Gasteiger charge is 2.22. The van der Waals surface area contributed by atoms with Crippen LogP contribution in [0.4, 0.5) is 0 Å². The quantitative estimate of drug-likeness (QED) is 0.197. The molecule has 3 aromatic heterocycles. The third kappa shape index (κ3) is 4.01. The number of aromatic nitrogens is 4. The molecule has 0 unspecified atom stereocenters. The zero-order valence-corrected chi connectivity index (χ0v) is 25.3. The van der Waals surface area contributed by atoms with Crippen LogP contribution in [0.1, 0.15) is 6.85 Å². The first-order valence-corrected chi connectivity index (χ1v) is 15.6. The SMILES string of the molecule is [2H]c1c([2H])c([2H])c(-c2nc(-c3cccc4oc5cccc(-c6cccc7ccccc67)c5c34)nc(-n3c4ccccc4c4ccccc43)n2)c([2H])c1[2H]. The summed E-state index contributed by atoms with van der Waals surface area (Å²) in [5, 5.41) is 5.89. The van der Waals surface area contributed by atoms with Crippen LogP contribution in [0, 0.1) is 0 Å². The predicted octanol–water partition coefficient (Wildman–Crippen LogP) is 11.0. The molecule has 10 rings (SSSR count). The van der Waals surface area contributed by atoms with Crippen LogP contribution in [0.25, 0.3) is 94.4 Å². The van der Waals surface area contributed by atoms with Crippen LogP contribution >= 0.6 is 0 Å². The molecule has 224 valence electrons. The number of rotatable bonds is 4. The average Bonchev–Trinajstić information content (AvgIpc) is 3.75. The lowest BCUT2D eigenvalue weighted by Gasteiger charge is -2.12. The molecule has 3 heterocycles. The lowest BCUT2D eigenvalue weighted by molar-refractivity contribution is 0.669. The van der Waals surface area contributed by atoms with E-state index in [-0.39, 0.29) is 23.2 Å². The maximum Gasteiger partial charge on any atom is 0.238 e. The van der Waals surface area contributed by atoms with Crippen LogP contribution < -0.4 is 0 Å². The lowest BCUT2D eigenvalue weighted by atomic mass is 9.93. The van der Waals surface area contributed by atoms with Crippen LogP contribution in [0.5, 0.6) is 0 Å². The van der Waals surface area contributed by atoms with Crippen molar-refractivity contribution >= 4 is 54.5 Å². The Labute approximate surface area is 282 Å². The van der Waals surface area contributed by atoms with Gasteiger partial charge in [0.25, 0.3) is 0 Å². The fourth-order valence-electron chi connectivity index (χ4n) is 6.93. The number of para-hydroxylation sites is 2. The van der Waals surface area contributed by atoms with Crippen LogP contribution in [0.15, 0.2) is 162 Å². The Bertz CT molecular complexity index is 3060. The van der Waals surface area contributed by atoms with E-state index in [0.717, 1.165) is 54.5 Å².